The SMILES string of the molecule is CCOC(=O)COc1ccc(OC)c(OC)c1OC. The predicted molar refractivity (Wildman–Crippen MR) is 68.2 cm³/mol. The van der Waals surface area contributed by atoms with E-state index in [0.29, 0.717) is 29.6 Å². The van der Waals surface area contributed by atoms with Gasteiger partial charge in [-0.1, -0.05) is 0 Å². The molecule has 1 aromatic carbocycles. The van der Waals surface area contributed by atoms with Crippen LogP contribution in [0.3, 0.4) is 0 Å². The second-order valence-corrected chi connectivity index (χ2v) is 3.43. The number of hydrogen-bond acceptors (Lipinski definition) is 6. The quantitative estimate of drug-likeness (QED) is 0.702. The van der Waals surface area contributed by atoms with Crippen LogP contribution in [0.15, 0.2) is 12.1 Å². The number of ether oxygens (including phenoxy) is 5. The molecule has 0 spiro atoms. The minimum Gasteiger partial charge on any atom is -0.493 e. The third-order valence-electron chi connectivity index (χ3n) is 2.32. The first-order valence-corrected chi connectivity index (χ1v) is 5.75. The summed E-state index contributed by atoms with van der Waals surface area (Å²) in [5.41, 5.74) is 0. The first kappa shape index (κ1) is 14.9. The van der Waals surface area contributed by atoms with Gasteiger partial charge >= 0.3 is 5.97 Å². The lowest BCUT2D eigenvalue weighted by atomic mass is 10.2. The molecule has 1 aromatic rings. The van der Waals surface area contributed by atoms with Crippen molar-refractivity contribution in [2.24, 2.45) is 0 Å². The molecule has 0 saturated carbocycles. The summed E-state index contributed by atoms with van der Waals surface area (Å²) in [6.45, 7) is 1.85. The van der Waals surface area contributed by atoms with Crippen molar-refractivity contribution in [3.8, 4) is 23.0 Å². The van der Waals surface area contributed by atoms with Crippen LogP contribution in [-0.4, -0.2) is 40.5 Å². The van der Waals surface area contributed by atoms with Gasteiger partial charge in [0, 0.05) is 0 Å². The highest BCUT2D eigenvalue weighted by atomic mass is 16.6. The van der Waals surface area contributed by atoms with E-state index in [1.807, 2.05) is 0 Å². The molecule has 0 bridgehead atoms. The van der Waals surface area contributed by atoms with E-state index in [1.165, 1.54) is 21.3 Å². The van der Waals surface area contributed by atoms with Crippen LogP contribution in [-0.2, 0) is 9.53 Å². The van der Waals surface area contributed by atoms with Gasteiger partial charge in [-0.25, -0.2) is 4.79 Å². The van der Waals surface area contributed by atoms with Crippen LogP contribution >= 0.6 is 0 Å². The Morgan fingerprint density at radius 1 is 1.00 bits per heavy atom. The fraction of sp³-hybridized carbons (Fsp3) is 0.462. The van der Waals surface area contributed by atoms with Crippen molar-refractivity contribution in [3.05, 3.63) is 12.1 Å². The molecule has 6 nitrogen and oxygen atoms in total. The van der Waals surface area contributed by atoms with Gasteiger partial charge in [0.25, 0.3) is 0 Å². The molecule has 0 unspecified atom stereocenters. The predicted octanol–water partition coefficient (Wildman–Crippen LogP) is 1.65. The molecule has 19 heavy (non-hydrogen) atoms. The zero-order chi connectivity index (χ0) is 14.3. The van der Waals surface area contributed by atoms with E-state index in [-0.39, 0.29) is 6.61 Å². The van der Waals surface area contributed by atoms with Crippen LogP contribution in [0, 0.1) is 0 Å². The topological polar surface area (TPSA) is 63.2 Å². The van der Waals surface area contributed by atoms with Gasteiger partial charge in [0.2, 0.25) is 11.5 Å². The van der Waals surface area contributed by atoms with Crippen molar-refractivity contribution in [3.63, 3.8) is 0 Å². The van der Waals surface area contributed by atoms with E-state index < -0.39 is 5.97 Å². The minimum absolute atomic E-state index is 0.195. The molecule has 0 N–H and O–H groups in total. The zero-order valence-electron chi connectivity index (χ0n) is 11.5. The number of rotatable bonds is 7. The maximum absolute atomic E-state index is 11.2. The standard InChI is InChI=1S/C13H18O6/c1-5-18-11(14)8-19-10-7-6-9(15-2)12(16-3)13(10)17-4/h6-7H,5,8H2,1-4H3. The van der Waals surface area contributed by atoms with Crippen LogP contribution in [0.4, 0.5) is 0 Å². The van der Waals surface area contributed by atoms with Crippen molar-refractivity contribution < 1.29 is 28.5 Å². The van der Waals surface area contributed by atoms with Crippen molar-refractivity contribution in [2.45, 2.75) is 6.92 Å². The fourth-order valence-electron chi connectivity index (χ4n) is 1.53. The van der Waals surface area contributed by atoms with E-state index in [4.69, 9.17) is 23.7 Å². The lowest BCUT2D eigenvalue weighted by Gasteiger charge is -2.15. The molecular weight excluding hydrogens is 252 g/mol. The number of esters is 1. The molecule has 0 heterocycles. The Bertz CT molecular complexity index is 429. The fourth-order valence-corrected chi connectivity index (χ4v) is 1.53. The molecule has 106 valence electrons. The summed E-state index contributed by atoms with van der Waals surface area (Å²) in [4.78, 5) is 11.2. The summed E-state index contributed by atoms with van der Waals surface area (Å²) in [5.74, 6) is 1.23. The van der Waals surface area contributed by atoms with E-state index in [9.17, 15) is 4.79 Å². The number of hydrogen-bond donors (Lipinski definition) is 0. The molecule has 0 fully saturated rings. The number of carbonyl (C=O) groups excluding carboxylic acids is 1. The normalized spacial score (nSPS) is 9.68. The van der Waals surface area contributed by atoms with Gasteiger partial charge in [-0.05, 0) is 19.1 Å². The third kappa shape index (κ3) is 3.67. The monoisotopic (exact) mass is 270 g/mol. The summed E-state index contributed by atoms with van der Waals surface area (Å²) in [6, 6.07) is 3.31. The number of methoxy groups -OCH3 is 3. The molecule has 0 aliphatic carbocycles. The highest BCUT2D eigenvalue weighted by Crippen LogP contribution is 2.43. The van der Waals surface area contributed by atoms with Gasteiger partial charge in [-0.3, -0.25) is 0 Å². The van der Waals surface area contributed by atoms with Crippen LogP contribution in [0.2, 0.25) is 0 Å². The van der Waals surface area contributed by atoms with Crippen molar-refractivity contribution >= 4 is 5.97 Å². The van der Waals surface area contributed by atoms with Gasteiger partial charge in [0.05, 0.1) is 27.9 Å². The Hall–Kier alpha value is -2.11. The van der Waals surface area contributed by atoms with Gasteiger partial charge in [-0.15, -0.1) is 0 Å². The van der Waals surface area contributed by atoms with Crippen LogP contribution < -0.4 is 18.9 Å². The smallest absolute Gasteiger partial charge is 0.344 e. The lowest BCUT2D eigenvalue weighted by molar-refractivity contribution is -0.145. The third-order valence-corrected chi connectivity index (χ3v) is 2.32. The summed E-state index contributed by atoms with van der Waals surface area (Å²) >= 11 is 0. The highest BCUT2D eigenvalue weighted by molar-refractivity contribution is 5.71. The maximum atomic E-state index is 11.2. The maximum Gasteiger partial charge on any atom is 0.344 e. The van der Waals surface area contributed by atoms with E-state index in [0.717, 1.165) is 0 Å². The van der Waals surface area contributed by atoms with Gasteiger partial charge in [0.15, 0.2) is 18.1 Å². The van der Waals surface area contributed by atoms with Gasteiger partial charge in [0.1, 0.15) is 0 Å². The van der Waals surface area contributed by atoms with Gasteiger partial charge in [-0.2, -0.15) is 0 Å². The lowest BCUT2D eigenvalue weighted by Crippen LogP contribution is -2.15. The molecule has 0 atom stereocenters. The van der Waals surface area contributed by atoms with E-state index in [1.54, 1.807) is 19.1 Å². The summed E-state index contributed by atoms with van der Waals surface area (Å²) in [5, 5.41) is 0. The molecule has 1 rings (SSSR count). The van der Waals surface area contributed by atoms with Crippen LogP contribution in [0.1, 0.15) is 6.92 Å². The van der Waals surface area contributed by atoms with Crippen LogP contribution in [0.5, 0.6) is 23.0 Å². The molecule has 6 heteroatoms. The Kier molecular flexibility index (Phi) is 5.78. The zero-order valence-corrected chi connectivity index (χ0v) is 11.5. The average Bonchev–Trinajstić information content (AvgIpc) is 2.43. The molecule has 0 aromatic heterocycles. The Balaban J connectivity index is 2.92. The second-order valence-electron chi connectivity index (χ2n) is 3.43. The van der Waals surface area contributed by atoms with Crippen molar-refractivity contribution in [2.75, 3.05) is 34.5 Å². The summed E-state index contributed by atoms with van der Waals surface area (Å²) in [6.07, 6.45) is 0. The first-order valence-electron chi connectivity index (χ1n) is 5.75. The number of carbonyl (C=O) groups is 1. The van der Waals surface area contributed by atoms with Crippen molar-refractivity contribution in [1.82, 2.24) is 0 Å². The van der Waals surface area contributed by atoms with Crippen molar-refractivity contribution in [1.29, 1.82) is 0 Å². The summed E-state index contributed by atoms with van der Waals surface area (Å²) < 4.78 is 25.7. The Morgan fingerprint density at radius 3 is 2.11 bits per heavy atom. The average molecular weight is 270 g/mol. The molecule has 0 amide bonds. The minimum atomic E-state index is -0.445. The van der Waals surface area contributed by atoms with Crippen LogP contribution in [0.25, 0.3) is 0 Å². The molecular formula is C13H18O6. The molecule has 0 radical (unpaired) electrons. The summed E-state index contributed by atoms with van der Waals surface area (Å²) in [7, 11) is 4.50. The molecule has 0 aliphatic heterocycles. The van der Waals surface area contributed by atoms with E-state index >= 15 is 0 Å². The highest BCUT2D eigenvalue weighted by Gasteiger charge is 2.17. The number of benzene rings is 1. The Morgan fingerprint density at radius 2 is 1.58 bits per heavy atom. The molecule has 0 aliphatic rings. The molecule has 0 saturated heterocycles. The second kappa shape index (κ2) is 7.35. The van der Waals surface area contributed by atoms with Gasteiger partial charge < -0.3 is 23.7 Å². The van der Waals surface area contributed by atoms with E-state index in [2.05, 4.69) is 0 Å². The first-order chi connectivity index (χ1) is 9.17. The Labute approximate surface area is 112 Å². The largest absolute Gasteiger partial charge is 0.493 e.